The van der Waals surface area contributed by atoms with Gasteiger partial charge in [0.15, 0.2) is 6.29 Å². The minimum Gasteiger partial charge on any atom is -0.353 e. The van der Waals surface area contributed by atoms with Gasteiger partial charge in [0.2, 0.25) is 0 Å². The zero-order valence-electron chi connectivity index (χ0n) is 8.84. The van der Waals surface area contributed by atoms with E-state index in [0.717, 1.165) is 26.1 Å². The van der Waals surface area contributed by atoms with Gasteiger partial charge >= 0.3 is 0 Å². The zero-order chi connectivity index (χ0) is 9.64. The highest BCUT2D eigenvalue weighted by molar-refractivity contribution is 4.73. The molecular formula is C11H21NO2. The van der Waals surface area contributed by atoms with Crippen LogP contribution in [0.25, 0.3) is 0 Å². The summed E-state index contributed by atoms with van der Waals surface area (Å²) < 4.78 is 11.2. The molecule has 0 aromatic carbocycles. The monoisotopic (exact) mass is 199 g/mol. The highest BCUT2D eigenvalue weighted by Crippen LogP contribution is 2.15. The van der Waals surface area contributed by atoms with Crippen LogP contribution in [-0.4, -0.2) is 32.1 Å². The molecule has 82 valence electrons. The Hall–Kier alpha value is -0.120. The molecule has 14 heavy (non-hydrogen) atoms. The van der Waals surface area contributed by atoms with Crippen LogP contribution in [0.4, 0.5) is 0 Å². The third-order valence-electron chi connectivity index (χ3n) is 3.07. The lowest BCUT2D eigenvalue weighted by Gasteiger charge is -2.23. The van der Waals surface area contributed by atoms with E-state index < -0.39 is 0 Å². The first-order valence-corrected chi connectivity index (χ1v) is 5.92. The lowest BCUT2D eigenvalue weighted by atomic mass is 10.2. The van der Waals surface area contributed by atoms with Crippen molar-refractivity contribution in [2.45, 2.75) is 50.9 Å². The van der Waals surface area contributed by atoms with Crippen LogP contribution in [0, 0.1) is 0 Å². The molecule has 3 nitrogen and oxygen atoms in total. The van der Waals surface area contributed by atoms with Crippen LogP contribution in [0.2, 0.25) is 0 Å². The Kier molecular flexibility index (Phi) is 4.22. The van der Waals surface area contributed by atoms with Gasteiger partial charge in [0.05, 0.1) is 6.61 Å². The minimum atomic E-state index is 0.0881. The fourth-order valence-corrected chi connectivity index (χ4v) is 2.19. The summed E-state index contributed by atoms with van der Waals surface area (Å²) in [5, 5.41) is 3.47. The normalized spacial score (nSPS) is 33.4. The van der Waals surface area contributed by atoms with Crippen molar-refractivity contribution < 1.29 is 9.47 Å². The van der Waals surface area contributed by atoms with Gasteiger partial charge in [0.1, 0.15) is 0 Å². The second-order valence-corrected chi connectivity index (χ2v) is 4.25. The summed E-state index contributed by atoms with van der Waals surface area (Å²) in [4.78, 5) is 0. The lowest BCUT2D eigenvalue weighted by Crippen LogP contribution is -2.27. The summed E-state index contributed by atoms with van der Waals surface area (Å²) in [7, 11) is 0. The molecule has 2 rings (SSSR count). The van der Waals surface area contributed by atoms with E-state index in [1.165, 1.54) is 32.2 Å². The third-order valence-corrected chi connectivity index (χ3v) is 3.07. The molecule has 1 N–H and O–H groups in total. The van der Waals surface area contributed by atoms with E-state index in [4.69, 9.17) is 9.47 Å². The number of nitrogens with one attached hydrogen (secondary N) is 1. The van der Waals surface area contributed by atoms with Crippen molar-refractivity contribution in [3.63, 3.8) is 0 Å². The average Bonchev–Trinajstić information content (AvgIpc) is 2.72. The van der Waals surface area contributed by atoms with Crippen LogP contribution in [0.1, 0.15) is 38.5 Å². The van der Waals surface area contributed by atoms with Gasteiger partial charge in [-0.15, -0.1) is 0 Å². The maximum atomic E-state index is 5.68. The largest absolute Gasteiger partial charge is 0.353 e. The van der Waals surface area contributed by atoms with Crippen LogP contribution in [-0.2, 0) is 9.47 Å². The molecule has 0 amide bonds. The van der Waals surface area contributed by atoms with Gasteiger partial charge in [-0.3, -0.25) is 0 Å². The molecule has 2 fully saturated rings. The molecule has 0 saturated carbocycles. The fourth-order valence-electron chi connectivity index (χ4n) is 2.19. The van der Waals surface area contributed by atoms with Gasteiger partial charge in [-0.25, -0.2) is 0 Å². The third kappa shape index (κ3) is 3.23. The van der Waals surface area contributed by atoms with E-state index in [1.807, 2.05) is 0 Å². The van der Waals surface area contributed by atoms with Gasteiger partial charge < -0.3 is 14.8 Å². The van der Waals surface area contributed by atoms with Crippen LogP contribution in [0.5, 0.6) is 0 Å². The molecule has 2 aliphatic heterocycles. The van der Waals surface area contributed by atoms with Crippen LogP contribution < -0.4 is 5.32 Å². The molecule has 0 radical (unpaired) electrons. The SMILES string of the molecule is C1CCC(OCCC2CCCN2)OC1. The predicted molar refractivity (Wildman–Crippen MR) is 55.2 cm³/mol. The van der Waals surface area contributed by atoms with E-state index in [9.17, 15) is 0 Å². The van der Waals surface area contributed by atoms with Crippen molar-refractivity contribution in [3.8, 4) is 0 Å². The highest BCUT2D eigenvalue weighted by atomic mass is 16.7. The smallest absolute Gasteiger partial charge is 0.157 e. The Morgan fingerprint density at radius 1 is 1.21 bits per heavy atom. The minimum absolute atomic E-state index is 0.0881. The maximum Gasteiger partial charge on any atom is 0.157 e. The van der Waals surface area contributed by atoms with Gasteiger partial charge in [0.25, 0.3) is 0 Å². The van der Waals surface area contributed by atoms with Gasteiger partial charge in [-0.2, -0.15) is 0 Å². The Labute approximate surface area is 86.2 Å². The van der Waals surface area contributed by atoms with E-state index in [0.29, 0.717) is 6.04 Å². The zero-order valence-corrected chi connectivity index (χ0v) is 8.84. The van der Waals surface area contributed by atoms with Crippen molar-refractivity contribution in [3.05, 3.63) is 0 Å². The van der Waals surface area contributed by atoms with Crippen molar-refractivity contribution in [2.75, 3.05) is 19.8 Å². The quantitative estimate of drug-likeness (QED) is 0.747. The summed E-state index contributed by atoms with van der Waals surface area (Å²) in [5.41, 5.74) is 0. The van der Waals surface area contributed by atoms with Gasteiger partial charge in [0, 0.05) is 12.6 Å². The summed E-state index contributed by atoms with van der Waals surface area (Å²) >= 11 is 0. The summed E-state index contributed by atoms with van der Waals surface area (Å²) in [6.45, 7) is 2.92. The molecule has 2 saturated heterocycles. The fraction of sp³-hybridized carbons (Fsp3) is 1.00. The second-order valence-electron chi connectivity index (χ2n) is 4.25. The molecule has 0 bridgehead atoms. The second kappa shape index (κ2) is 5.69. The van der Waals surface area contributed by atoms with E-state index >= 15 is 0 Å². The molecule has 3 heteroatoms. The molecule has 0 spiro atoms. The van der Waals surface area contributed by atoms with Crippen LogP contribution in [0.3, 0.4) is 0 Å². The molecule has 2 aliphatic rings. The maximum absolute atomic E-state index is 5.68. The lowest BCUT2D eigenvalue weighted by molar-refractivity contribution is -0.163. The van der Waals surface area contributed by atoms with Crippen LogP contribution >= 0.6 is 0 Å². The summed E-state index contributed by atoms with van der Waals surface area (Å²) in [6.07, 6.45) is 7.40. The first-order chi connectivity index (χ1) is 6.95. The van der Waals surface area contributed by atoms with Crippen molar-refractivity contribution in [2.24, 2.45) is 0 Å². The van der Waals surface area contributed by atoms with Gasteiger partial charge in [-0.1, -0.05) is 0 Å². The Morgan fingerprint density at radius 2 is 2.21 bits per heavy atom. The average molecular weight is 199 g/mol. The number of rotatable bonds is 4. The van der Waals surface area contributed by atoms with Crippen molar-refractivity contribution in [1.82, 2.24) is 5.32 Å². The Bertz CT molecular complexity index is 151. The van der Waals surface area contributed by atoms with Crippen molar-refractivity contribution in [1.29, 1.82) is 0 Å². The summed E-state index contributed by atoms with van der Waals surface area (Å²) in [5.74, 6) is 0. The number of hydrogen-bond donors (Lipinski definition) is 1. The van der Waals surface area contributed by atoms with E-state index in [1.54, 1.807) is 0 Å². The number of ether oxygens (including phenoxy) is 2. The van der Waals surface area contributed by atoms with Crippen LogP contribution in [0.15, 0.2) is 0 Å². The molecule has 2 unspecified atom stereocenters. The van der Waals surface area contributed by atoms with Gasteiger partial charge in [-0.05, 0) is 45.1 Å². The topological polar surface area (TPSA) is 30.5 Å². The van der Waals surface area contributed by atoms with E-state index in [2.05, 4.69) is 5.32 Å². The Morgan fingerprint density at radius 3 is 2.93 bits per heavy atom. The molecule has 0 aliphatic carbocycles. The standard InChI is InChI=1S/C11H21NO2/c1-2-8-13-11(5-1)14-9-6-10-4-3-7-12-10/h10-12H,1-9H2. The molecular weight excluding hydrogens is 178 g/mol. The van der Waals surface area contributed by atoms with E-state index in [-0.39, 0.29) is 6.29 Å². The molecule has 0 aromatic rings. The number of hydrogen-bond acceptors (Lipinski definition) is 3. The van der Waals surface area contributed by atoms with Crippen molar-refractivity contribution >= 4 is 0 Å². The molecule has 2 heterocycles. The highest BCUT2D eigenvalue weighted by Gasteiger charge is 2.16. The molecule has 0 aromatic heterocycles. The predicted octanol–water partition coefficient (Wildman–Crippen LogP) is 1.67. The summed E-state index contributed by atoms with van der Waals surface area (Å²) in [6, 6.07) is 0.693. The first-order valence-electron chi connectivity index (χ1n) is 5.92. The first kappa shape index (κ1) is 10.4. The molecule has 2 atom stereocenters. The Balaban J connectivity index is 1.52.